The predicted molar refractivity (Wildman–Crippen MR) is 109 cm³/mol. The molecule has 0 N–H and O–H groups in total. The fourth-order valence-corrected chi connectivity index (χ4v) is 9.94. The van der Waals surface area contributed by atoms with Gasteiger partial charge in [0, 0.05) is 14.7 Å². The van der Waals surface area contributed by atoms with Crippen LogP contribution in [-0.4, -0.2) is 25.3 Å². The van der Waals surface area contributed by atoms with Gasteiger partial charge in [-0.1, -0.05) is 54.1 Å². The molecule has 0 fully saturated rings. The Labute approximate surface area is 170 Å². The van der Waals surface area contributed by atoms with E-state index in [1.54, 1.807) is 19.1 Å². The number of benzene rings is 3. The third kappa shape index (κ3) is 3.98. The minimum Gasteiger partial charge on any atom is -0.255 e. The van der Waals surface area contributed by atoms with Crippen LogP contribution < -0.4 is 0 Å². The van der Waals surface area contributed by atoms with Gasteiger partial charge in [-0.05, 0) is 43.3 Å². The van der Waals surface area contributed by atoms with E-state index in [1.807, 2.05) is 0 Å². The molecular formula is C20H17O6S3-. The molecule has 29 heavy (non-hydrogen) atoms. The van der Waals surface area contributed by atoms with Crippen LogP contribution in [0.2, 0.25) is 0 Å². The highest BCUT2D eigenvalue weighted by molar-refractivity contribution is 8.29. The van der Waals surface area contributed by atoms with Gasteiger partial charge in [-0.2, -0.15) is 0 Å². The minimum atomic E-state index is -4.89. The quantitative estimate of drug-likeness (QED) is 0.536. The third-order valence-electron chi connectivity index (χ3n) is 4.10. The van der Waals surface area contributed by atoms with E-state index in [4.69, 9.17) is 0 Å². The smallest absolute Gasteiger partial charge is 0.0831 e. The molecule has 0 spiro atoms. The van der Waals surface area contributed by atoms with Crippen molar-refractivity contribution in [3.05, 3.63) is 94.4 Å². The van der Waals surface area contributed by atoms with Crippen molar-refractivity contribution in [2.45, 2.75) is 21.6 Å². The van der Waals surface area contributed by atoms with Crippen LogP contribution in [0, 0.1) is 10.8 Å². The van der Waals surface area contributed by atoms with Crippen LogP contribution in [0.25, 0.3) is 0 Å². The number of sulfone groups is 3. The Balaban J connectivity index is 2.33. The summed E-state index contributed by atoms with van der Waals surface area (Å²) in [5.74, 6) is 0. The van der Waals surface area contributed by atoms with Crippen molar-refractivity contribution in [2.24, 2.45) is 0 Å². The summed E-state index contributed by atoms with van der Waals surface area (Å²) < 4.78 is 78.0. The van der Waals surface area contributed by atoms with Crippen molar-refractivity contribution >= 4 is 29.5 Å². The van der Waals surface area contributed by atoms with Gasteiger partial charge in [0.15, 0.2) is 0 Å². The molecule has 0 radical (unpaired) electrons. The van der Waals surface area contributed by atoms with Crippen molar-refractivity contribution in [1.82, 2.24) is 0 Å². The molecule has 0 unspecified atom stereocenters. The maximum atomic E-state index is 13.3. The number of aryl methyl sites for hydroxylation is 1. The summed E-state index contributed by atoms with van der Waals surface area (Å²) >= 11 is 0. The molecule has 0 aliphatic carbocycles. The molecule has 0 saturated heterocycles. The summed E-state index contributed by atoms with van der Waals surface area (Å²) in [5, 5.41) is 0. The standard InChI is InChI=1S/C20H17O6S3/c1-16-12-14-19(15-13-16)29(25,26)20(27(21,22)17-8-4-2-5-9-17)28(23,24)18-10-6-3-7-11-18/h2-15H,1H3/q-1. The Morgan fingerprint density at radius 1 is 0.483 bits per heavy atom. The lowest BCUT2D eigenvalue weighted by molar-refractivity contribution is 0.583. The second-order valence-corrected chi connectivity index (χ2v) is 12.6. The highest BCUT2D eigenvalue weighted by Crippen LogP contribution is 2.39. The van der Waals surface area contributed by atoms with Crippen LogP contribution in [0.5, 0.6) is 0 Å². The molecule has 0 atom stereocenters. The molecule has 3 rings (SSSR count). The molecule has 0 aromatic heterocycles. The number of hydrogen-bond donors (Lipinski definition) is 0. The molecule has 3 aromatic rings. The zero-order valence-corrected chi connectivity index (χ0v) is 17.7. The second-order valence-electron chi connectivity index (χ2n) is 6.20. The lowest BCUT2D eigenvalue weighted by Crippen LogP contribution is -2.30. The van der Waals surface area contributed by atoms with E-state index < -0.39 is 48.1 Å². The molecule has 0 amide bonds. The highest BCUT2D eigenvalue weighted by Gasteiger charge is 2.38. The average molecular weight is 450 g/mol. The van der Waals surface area contributed by atoms with Gasteiger partial charge in [0.1, 0.15) is 0 Å². The van der Waals surface area contributed by atoms with Crippen LogP contribution >= 0.6 is 0 Å². The molecule has 3 aromatic carbocycles. The summed E-state index contributed by atoms with van der Waals surface area (Å²) in [4.78, 5) is -1.27. The lowest BCUT2D eigenvalue weighted by atomic mass is 10.2. The van der Waals surface area contributed by atoms with Gasteiger partial charge in [-0.15, -0.1) is 0 Å². The van der Waals surface area contributed by atoms with E-state index >= 15 is 0 Å². The van der Waals surface area contributed by atoms with Gasteiger partial charge >= 0.3 is 0 Å². The average Bonchev–Trinajstić information content (AvgIpc) is 2.69. The maximum Gasteiger partial charge on any atom is 0.0831 e. The Kier molecular flexibility index (Phi) is 5.66. The van der Waals surface area contributed by atoms with Crippen LogP contribution in [-0.2, 0) is 29.5 Å². The fraction of sp³-hybridized carbons (Fsp3) is 0.0500. The second kappa shape index (κ2) is 7.74. The van der Waals surface area contributed by atoms with E-state index in [0.717, 1.165) is 29.8 Å². The number of rotatable bonds is 6. The fourth-order valence-electron chi connectivity index (χ4n) is 2.64. The first-order chi connectivity index (χ1) is 13.6. The van der Waals surface area contributed by atoms with Crippen LogP contribution in [0.1, 0.15) is 5.56 Å². The van der Waals surface area contributed by atoms with Crippen molar-refractivity contribution in [1.29, 1.82) is 0 Å². The first-order valence-electron chi connectivity index (χ1n) is 8.37. The topological polar surface area (TPSA) is 102 Å². The van der Waals surface area contributed by atoms with Gasteiger partial charge < -0.3 is 0 Å². The van der Waals surface area contributed by atoms with Crippen molar-refractivity contribution < 1.29 is 25.3 Å². The minimum absolute atomic E-state index is 0.419. The predicted octanol–water partition coefficient (Wildman–Crippen LogP) is 3.16. The van der Waals surface area contributed by atoms with Gasteiger partial charge in [-0.25, -0.2) is 0 Å². The van der Waals surface area contributed by atoms with Gasteiger partial charge in [0.2, 0.25) is 0 Å². The molecule has 152 valence electrons. The Hall–Kier alpha value is -2.49. The lowest BCUT2D eigenvalue weighted by Gasteiger charge is -2.30. The summed E-state index contributed by atoms with van der Waals surface area (Å²) in [6.07, 6.45) is 0. The molecule has 0 saturated carbocycles. The SMILES string of the molecule is Cc1ccc(S(=O)(=O)[C-](S(=O)(=O)c2ccccc2)S(=O)(=O)c2ccccc2)cc1. The summed E-state index contributed by atoms with van der Waals surface area (Å²) in [6.45, 7) is 1.72. The number of hydrogen-bond acceptors (Lipinski definition) is 6. The van der Waals surface area contributed by atoms with Crippen molar-refractivity contribution in [3.63, 3.8) is 0 Å². The summed E-state index contributed by atoms with van der Waals surface area (Å²) in [6, 6.07) is 18.5. The molecule has 0 aliphatic heterocycles. The van der Waals surface area contributed by atoms with E-state index in [2.05, 4.69) is 0 Å². The maximum absolute atomic E-state index is 13.3. The summed E-state index contributed by atoms with van der Waals surface area (Å²) in [5.41, 5.74) is 0.738. The van der Waals surface area contributed by atoms with Gasteiger partial charge in [0.05, 0.1) is 33.4 Å². The Morgan fingerprint density at radius 2 is 0.793 bits per heavy atom. The van der Waals surface area contributed by atoms with Gasteiger partial charge in [-0.3, -0.25) is 25.3 Å². The molecular weight excluding hydrogens is 432 g/mol. The molecule has 0 aliphatic rings. The van der Waals surface area contributed by atoms with Crippen molar-refractivity contribution in [2.75, 3.05) is 0 Å². The van der Waals surface area contributed by atoms with Crippen LogP contribution in [0.3, 0.4) is 0 Å². The van der Waals surface area contributed by atoms with E-state index in [-0.39, 0.29) is 0 Å². The molecule has 9 heteroatoms. The summed E-state index contributed by atoms with van der Waals surface area (Å²) in [7, 11) is -14.7. The monoisotopic (exact) mass is 449 g/mol. The normalized spacial score (nSPS) is 12.8. The molecule has 0 heterocycles. The highest BCUT2D eigenvalue weighted by atomic mass is 32.3. The molecule has 6 nitrogen and oxygen atoms in total. The van der Waals surface area contributed by atoms with Crippen LogP contribution in [0.15, 0.2) is 99.6 Å². The van der Waals surface area contributed by atoms with Crippen LogP contribution in [0.4, 0.5) is 0 Å². The third-order valence-corrected chi connectivity index (χ3v) is 12.0. The zero-order chi connectivity index (χ0) is 21.3. The van der Waals surface area contributed by atoms with E-state index in [9.17, 15) is 25.3 Å². The Bertz CT molecular complexity index is 1240. The van der Waals surface area contributed by atoms with E-state index in [1.165, 1.54) is 48.5 Å². The van der Waals surface area contributed by atoms with E-state index in [0.29, 0.717) is 0 Å². The Morgan fingerprint density at radius 3 is 1.14 bits per heavy atom. The zero-order valence-electron chi connectivity index (χ0n) is 15.3. The first-order valence-corrected chi connectivity index (χ1v) is 12.8. The van der Waals surface area contributed by atoms with Crippen molar-refractivity contribution in [3.8, 4) is 0 Å². The van der Waals surface area contributed by atoms with Gasteiger partial charge in [0.25, 0.3) is 0 Å². The first kappa shape index (κ1) is 21.2. The largest absolute Gasteiger partial charge is 0.255 e. The molecule has 0 bridgehead atoms.